The molecule has 3 heteroatoms. The monoisotopic (exact) mass is 263 g/mol. The molecule has 0 atom stereocenters. The molecule has 0 spiro atoms. The van der Waals surface area contributed by atoms with Crippen molar-refractivity contribution in [1.82, 2.24) is 0 Å². The molecule has 3 nitrogen and oxygen atoms in total. The van der Waals surface area contributed by atoms with Gasteiger partial charge in [0.25, 0.3) is 0 Å². The summed E-state index contributed by atoms with van der Waals surface area (Å²) in [5.41, 5.74) is 2.33. The van der Waals surface area contributed by atoms with Gasteiger partial charge in [0.05, 0.1) is 11.3 Å². The number of hydrogen-bond donors (Lipinski definition) is 1. The average Bonchev–Trinajstić information content (AvgIpc) is 2.26. The Morgan fingerprint density at radius 1 is 1.16 bits per heavy atom. The normalized spacial score (nSPS) is 11.1. The number of anilines is 1. The smallest absolute Gasteiger partial charge is 0.337 e. The highest BCUT2D eigenvalue weighted by Crippen LogP contribution is 2.24. The molecule has 0 aliphatic rings. The van der Waals surface area contributed by atoms with Crippen LogP contribution in [0.15, 0.2) is 18.2 Å². The van der Waals surface area contributed by atoms with Gasteiger partial charge in [0.2, 0.25) is 0 Å². The van der Waals surface area contributed by atoms with Crippen LogP contribution >= 0.6 is 0 Å². The first-order valence-corrected chi connectivity index (χ1v) is 6.90. The Morgan fingerprint density at radius 2 is 1.68 bits per heavy atom. The van der Waals surface area contributed by atoms with Gasteiger partial charge >= 0.3 is 5.97 Å². The second kappa shape index (κ2) is 6.60. The lowest BCUT2D eigenvalue weighted by Gasteiger charge is -2.30. The van der Waals surface area contributed by atoms with Crippen molar-refractivity contribution in [2.75, 3.05) is 18.0 Å². The molecule has 0 amide bonds. The van der Waals surface area contributed by atoms with Gasteiger partial charge in [-0.25, -0.2) is 4.79 Å². The molecule has 19 heavy (non-hydrogen) atoms. The zero-order chi connectivity index (χ0) is 14.6. The maximum Gasteiger partial charge on any atom is 0.337 e. The largest absolute Gasteiger partial charge is 0.478 e. The van der Waals surface area contributed by atoms with Crippen molar-refractivity contribution in [3.8, 4) is 0 Å². The van der Waals surface area contributed by atoms with Gasteiger partial charge in [0, 0.05) is 13.1 Å². The Hall–Kier alpha value is -1.51. The highest BCUT2D eigenvalue weighted by molar-refractivity contribution is 5.94. The topological polar surface area (TPSA) is 40.5 Å². The number of carbonyl (C=O) groups is 1. The minimum Gasteiger partial charge on any atom is -0.478 e. The molecule has 1 N–H and O–H groups in total. The Labute approximate surface area is 116 Å². The number of carboxylic acids is 1. The quantitative estimate of drug-likeness (QED) is 0.848. The van der Waals surface area contributed by atoms with Gasteiger partial charge in [-0.05, 0) is 36.5 Å². The van der Waals surface area contributed by atoms with Crippen LogP contribution in [0.3, 0.4) is 0 Å². The van der Waals surface area contributed by atoms with E-state index >= 15 is 0 Å². The van der Waals surface area contributed by atoms with E-state index in [0.29, 0.717) is 17.4 Å². The third kappa shape index (κ3) is 4.58. The number of aromatic carboxylic acids is 1. The predicted molar refractivity (Wildman–Crippen MR) is 80.0 cm³/mol. The molecule has 1 rings (SSSR count). The predicted octanol–water partition coefficient (Wildman–Crippen LogP) is 3.81. The summed E-state index contributed by atoms with van der Waals surface area (Å²) in [6.07, 6.45) is 0. The molecule has 0 fully saturated rings. The molecule has 0 aliphatic carbocycles. The van der Waals surface area contributed by atoms with Crippen molar-refractivity contribution in [1.29, 1.82) is 0 Å². The molecule has 1 aromatic carbocycles. The highest BCUT2D eigenvalue weighted by atomic mass is 16.4. The summed E-state index contributed by atoms with van der Waals surface area (Å²) in [6, 6.07) is 5.55. The summed E-state index contributed by atoms with van der Waals surface area (Å²) in [5, 5.41) is 9.35. The third-order valence-corrected chi connectivity index (χ3v) is 2.90. The second-order valence-electron chi connectivity index (χ2n) is 6.02. The molecule has 0 saturated carbocycles. The van der Waals surface area contributed by atoms with Crippen molar-refractivity contribution < 1.29 is 9.90 Å². The van der Waals surface area contributed by atoms with Crippen LogP contribution in [0.5, 0.6) is 0 Å². The molecular formula is C16H25NO2. The Morgan fingerprint density at radius 3 is 2.11 bits per heavy atom. The number of carboxylic acid groups (broad SMARTS) is 1. The molecule has 0 radical (unpaired) electrons. The molecule has 0 heterocycles. The minimum atomic E-state index is -0.854. The van der Waals surface area contributed by atoms with Crippen LogP contribution in [0, 0.1) is 18.8 Å². The summed E-state index contributed by atoms with van der Waals surface area (Å²) in [4.78, 5) is 13.6. The lowest BCUT2D eigenvalue weighted by Crippen LogP contribution is -2.32. The number of rotatable bonds is 6. The number of hydrogen-bond acceptors (Lipinski definition) is 2. The maximum atomic E-state index is 11.4. The van der Waals surface area contributed by atoms with Crippen LogP contribution in [0.2, 0.25) is 0 Å². The SMILES string of the molecule is Cc1ccc(C(=O)O)c(N(CC(C)C)CC(C)C)c1. The summed E-state index contributed by atoms with van der Waals surface area (Å²) >= 11 is 0. The Kier molecular flexibility index (Phi) is 5.40. The number of aryl methyl sites for hydroxylation is 1. The summed E-state index contributed by atoms with van der Waals surface area (Å²) < 4.78 is 0. The molecule has 0 bridgehead atoms. The molecule has 0 aliphatic heterocycles. The molecule has 1 aromatic rings. The van der Waals surface area contributed by atoms with Gasteiger partial charge in [-0.2, -0.15) is 0 Å². The first-order valence-electron chi connectivity index (χ1n) is 6.90. The van der Waals surface area contributed by atoms with Crippen LogP contribution in [0.25, 0.3) is 0 Å². The van der Waals surface area contributed by atoms with E-state index in [2.05, 4.69) is 32.6 Å². The van der Waals surface area contributed by atoms with E-state index in [-0.39, 0.29) is 0 Å². The zero-order valence-corrected chi connectivity index (χ0v) is 12.6. The van der Waals surface area contributed by atoms with Crippen LogP contribution in [0.1, 0.15) is 43.6 Å². The lowest BCUT2D eigenvalue weighted by molar-refractivity contribution is 0.0697. The van der Waals surface area contributed by atoms with E-state index in [1.807, 2.05) is 19.1 Å². The van der Waals surface area contributed by atoms with Gasteiger partial charge < -0.3 is 10.0 Å². The van der Waals surface area contributed by atoms with Gasteiger partial charge in [-0.3, -0.25) is 0 Å². The van der Waals surface area contributed by atoms with Crippen molar-refractivity contribution in [3.05, 3.63) is 29.3 Å². The Bertz CT molecular complexity index is 428. The van der Waals surface area contributed by atoms with Crippen molar-refractivity contribution in [2.24, 2.45) is 11.8 Å². The molecule has 0 unspecified atom stereocenters. The molecular weight excluding hydrogens is 238 g/mol. The summed E-state index contributed by atoms with van der Waals surface area (Å²) in [6.45, 7) is 12.4. The van der Waals surface area contributed by atoms with Crippen LogP contribution in [-0.4, -0.2) is 24.2 Å². The van der Waals surface area contributed by atoms with E-state index in [9.17, 15) is 9.90 Å². The second-order valence-corrected chi connectivity index (χ2v) is 6.02. The summed E-state index contributed by atoms with van der Waals surface area (Å²) in [5.74, 6) is 0.148. The number of nitrogens with zero attached hydrogens (tertiary/aromatic N) is 1. The third-order valence-electron chi connectivity index (χ3n) is 2.90. The van der Waals surface area contributed by atoms with Crippen LogP contribution < -0.4 is 4.90 Å². The molecule has 106 valence electrons. The first-order chi connectivity index (χ1) is 8.81. The summed E-state index contributed by atoms with van der Waals surface area (Å²) in [7, 11) is 0. The van der Waals surface area contributed by atoms with E-state index < -0.39 is 5.97 Å². The van der Waals surface area contributed by atoms with Crippen molar-refractivity contribution >= 4 is 11.7 Å². The highest BCUT2D eigenvalue weighted by Gasteiger charge is 2.18. The molecule has 0 saturated heterocycles. The van der Waals surface area contributed by atoms with Gasteiger partial charge in [-0.1, -0.05) is 33.8 Å². The maximum absolute atomic E-state index is 11.4. The van der Waals surface area contributed by atoms with E-state index in [1.54, 1.807) is 6.07 Å². The molecule has 0 aromatic heterocycles. The number of benzene rings is 1. The van der Waals surface area contributed by atoms with Gasteiger partial charge in [0.15, 0.2) is 0 Å². The lowest BCUT2D eigenvalue weighted by atomic mass is 10.1. The first kappa shape index (κ1) is 15.5. The average molecular weight is 263 g/mol. The van der Waals surface area contributed by atoms with Gasteiger partial charge in [0.1, 0.15) is 0 Å². The van der Waals surface area contributed by atoms with E-state index in [0.717, 1.165) is 24.3 Å². The van der Waals surface area contributed by atoms with E-state index in [4.69, 9.17) is 0 Å². The zero-order valence-electron chi connectivity index (χ0n) is 12.6. The Balaban J connectivity index is 3.18. The van der Waals surface area contributed by atoms with Crippen molar-refractivity contribution in [2.45, 2.75) is 34.6 Å². The van der Waals surface area contributed by atoms with Crippen LogP contribution in [-0.2, 0) is 0 Å². The minimum absolute atomic E-state index is 0.395. The fraction of sp³-hybridized carbons (Fsp3) is 0.562. The van der Waals surface area contributed by atoms with E-state index in [1.165, 1.54) is 0 Å². The van der Waals surface area contributed by atoms with Gasteiger partial charge in [-0.15, -0.1) is 0 Å². The fourth-order valence-corrected chi connectivity index (χ4v) is 2.24. The fourth-order valence-electron chi connectivity index (χ4n) is 2.24. The van der Waals surface area contributed by atoms with Crippen LogP contribution in [0.4, 0.5) is 5.69 Å². The standard InChI is InChI=1S/C16H25NO2/c1-11(2)9-17(10-12(3)4)15-8-13(5)6-7-14(15)16(18)19/h6-8,11-12H,9-10H2,1-5H3,(H,18,19). The van der Waals surface area contributed by atoms with Crippen molar-refractivity contribution in [3.63, 3.8) is 0 Å².